The molecule has 0 aliphatic carbocycles. The van der Waals surface area contributed by atoms with Crippen LogP contribution in [0.1, 0.15) is 6.42 Å². The quantitative estimate of drug-likeness (QED) is 0.381. The Balaban J connectivity index is 3.43. The summed E-state index contributed by atoms with van der Waals surface area (Å²) in [6, 6.07) is 0. The zero-order chi connectivity index (χ0) is 10.9. The molecule has 2 N–H and O–H groups in total. The molecule has 80 valence electrons. The molecule has 0 aliphatic rings. The Bertz CT molecular complexity index is 304. The molecule has 0 rings (SSSR count). The Morgan fingerprint density at radius 3 is 2.57 bits per heavy atom. The van der Waals surface area contributed by atoms with Gasteiger partial charge in [0.05, 0.1) is 5.75 Å². The first kappa shape index (κ1) is 12.9. The lowest BCUT2D eigenvalue weighted by Gasteiger charge is -1.97. The van der Waals surface area contributed by atoms with Gasteiger partial charge in [0.25, 0.3) is 10.1 Å². The minimum absolute atomic E-state index is 0.212. The summed E-state index contributed by atoms with van der Waals surface area (Å²) in [5.41, 5.74) is 0. The van der Waals surface area contributed by atoms with Crippen LogP contribution in [0, 0.1) is 0 Å². The predicted octanol–water partition coefficient (Wildman–Crippen LogP) is 1.11. The predicted molar refractivity (Wildman–Crippen MR) is 57.5 cm³/mol. The first-order chi connectivity index (χ1) is 6.56. The van der Waals surface area contributed by atoms with Crippen molar-refractivity contribution in [3.63, 3.8) is 0 Å². The van der Waals surface area contributed by atoms with E-state index in [-0.39, 0.29) is 5.75 Å². The van der Waals surface area contributed by atoms with Crippen LogP contribution in [-0.2, 0) is 10.1 Å². The van der Waals surface area contributed by atoms with Crippen LogP contribution < -0.4 is 5.32 Å². The van der Waals surface area contributed by atoms with Crippen molar-refractivity contribution in [1.82, 2.24) is 5.32 Å². The monoisotopic (exact) mass is 217 g/mol. The highest BCUT2D eigenvalue weighted by Crippen LogP contribution is 1.86. The first-order valence-electron chi connectivity index (χ1n) is 4.19. The molecule has 0 fully saturated rings. The molecule has 0 heterocycles. The van der Waals surface area contributed by atoms with Gasteiger partial charge in [0, 0.05) is 6.54 Å². The molecule has 0 saturated carbocycles. The largest absolute Gasteiger partial charge is 0.391 e. The van der Waals surface area contributed by atoms with E-state index in [2.05, 4.69) is 11.9 Å². The van der Waals surface area contributed by atoms with E-state index in [1.807, 2.05) is 0 Å². The smallest absolute Gasteiger partial charge is 0.264 e. The third-order valence-corrected chi connectivity index (χ3v) is 2.10. The lowest BCUT2D eigenvalue weighted by Crippen LogP contribution is -2.12. The summed E-state index contributed by atoms with van der Waals surface area (Å²) in [4.78, 5) is 0. The van der Waals surface area contributed by atoms with Gasteiger partial charge in [-0.3, -0.25) is 4.55 Å². The van der Waals surface area contributed by atoms with Crippen LogP contribution in [0.3, 0.4) is 0 Å². The van der Waals surface area contributed by atoms with E-state index < -0.39 is 10.1 Å². The molecule has 5 heteroatoms. The second-order valence-electron chi connectivity index (χ2n) is 2.57. The van der Waals surface area contributed by atoms with E-state index in [9.17, 15) is 8.42 Å². The maximum Gasteiger partial charge on any atom is 0.264 e. The van der Waals surface area contributed by atoms with E-state index in [1.54, 1.807) is 30.5 Å². The molecule has 0 aromatic rings. The molecule has 0 aromatic carbocycles. The third-order valence-electron chi connectivity index (χ3n) is 1.30. The highest BCUT2D eigenvalue weighted by molar-refractivity contribution is 7.85. The van der Waals surface area contributed by atoms with Gasteiger partial charge in [0.15, 0.2) is 0 Å². The van der Waals surface area contributed by atoms with Crippen molar-refractivity contribution < 1.29 is 13.0 Å². The van der Waals surface area contributed by atoms with Crippen molar-refractivity contribution in [1.29, 1.82) is 0 Å². The van der Waals surface area contributed by atoms with Crippen LogP contribution in [0.2, 0.25) is 0 Å². The Morgan fingerprint density at radius 2 is 2.00 bits per heavy atom. The van der Waals surface area contributed by atoms with Gasteiger partial charge in [-0.1, -0.05) is 24.8 Å². The van der Waals surface area contributed by atoms with Crippen LogP contribution in [-0.4, -0.2) is 25.3 Å². The second kappa shape index (κ2) is 7.34. The fraction of sp³-hybridized carbons (Fsp3) is 0.333. The van der Waals surface area contributed by atoms with E-state index in [0.29, 0.717) is 13.0 Å². The van der Waals surface area contributed by atoms with Gasteiger partial charge in [0.2, 0.25) is 0 Å². The van der Waals surface area contributed by atoms with Crippen LogP contribution in [0.4, 0.5) is 0 Å². The van der Waals surface area contributed by atoms with Crippen LogP contribution in [0.15, 0.2) is 37.1 Å². The van der Waals surface area contributed by atoms with Gasteiger partial charge < -0.3 is 5.32 Å². The Labute approximate surface area is 84.8 Å². The summed E-state index contributed by atoms with van der Waals surface area (Å²) in [7, 11) is -3.82. The summed E-state index contributed by atoms with van der Waals surface area (Å²) < 4.78 is 29.0. The fourth-order valence-corrected chi connectivity index (χ4v) is 1.22. The molecular weight excluding hydrogens is 202 g/mol. The molecule has 14 heavy (non-hydrogen) atoms. The normalized spacial score (nSPS) is 12.4. The van der Waals surface area contributed by atoms with Crippen molar-refractivity contribution in [3.05, 3.63) is 37.1 Å². The maximum absolute atomic E-state index is 10.3. The number of hydrogen-bond donors (Lipinski definition) is 2. The molecule has 0 unspecified atom stereocenters. The van der Waals surface area contributed by atoms with E-state index in [0.717, 1.165) is 0 Å². The number of allylic oxidation sites excluding steroid dienone is 4. The highest BCUT2D eigenvalue weighted by Gasteiger charge is 2.01. The van der Waals surface area contributed by atoms with Crippen LogP contribution in [0.25, 0.3) is 0 Å². The number of nitrogens with one attached hydrogen (secondary N) is 1. The van der Waals surface area contributed by atoms with Crippen molar-refractivity contribution in [3.8, 4) is 0 Å². The summed E-state index contributed by atoms with van der Waals surface area (Å²) in [5.74, 6) is -0.212. The Hall–Kier alpha value is -1.07. The molecule has 0 radical (unpaired) electrons. The van der Waals surface area contributed by atoms with Crippen molar-refractivity contribution in [2.75, 3.05) is 12.3 Å². The fourth-order valence-electron chi connectivity index (χ4n) is 0.706. The molecule has 0 aromatic heterocycles. The van der Waals surface area contributed by atoms with Crippen molar-refractivity contribution in [2.24, 2.45) is 0 Å². The zero-order valence-electron chi connectivity index (χ0n) is 7.89. The lowest BCUT2D eigenvalue weighted by molar-refractivity contribution is 0.480. The summed E-state index contributed by atoms with van der Waals surface area (Å²) >= 11 is 0. The van der Waals surface area contributed by atoms with E-state index in [1.165, 1.54) is 0 Å². The molecular formula is C9H15NO3S. The van der Waals surface area contributed by atoms with Gasteiger partial charge in [0.1, 0.15) is 0 Å². The minimum Gasteiger partial charge on any atom is -0.391 e. The standard InChI is InChI=1S/C9H15NO3S/c1-2-3-4-5-7-10-8-6-9-14(11,12)13/h2-5,7,10H,1,6,8-9H2,(H,11,12,13)/b4-3-,7-5-. The molecule has 4 nitrogen and oxygen atoms in total. The van der Waals surface area contributed by atoms with Gasteiger partial charge in [-0.05, 0) is 18.7 Å². The molecule has 0 atom stereocenters. The van der Waals surface area contributed by atoms with Gasteiger partial charge in [-0.25, -0.2) is 0 Å². The average Bonchev–Trinajstić information content (AvgIpc) is 2.08. The summed E-state index contributed by atoms with van der Waals surface area (Å²) in [6.07, 6.45) is 9.08. The van der Waals surface area contributed by atoms with Crippen LogP contribution >= 0.6 is 0 Å². The second-order valence-corrected chi connectivity index (χ2v) is 4.15. The summed E-state index contributed by atoms with van der Waals surface area (Å²) in [6.45, 7) is 4.01. The molecule has 0 amide bonds. The number of hydrogen-bond acceptors (Lipinski definition) is 3. The molecule has 0 bridgehead atoms. The highest BCUT2D eigenvalue weighted by atomic mass is 32.2. The first-order valence-corrected chi connectivity index (χ1v) is 5.80. The van der Waals surface area contributed by atoms with Gasteiger partial charge >= 0.3 is 0 Å². The Morgan fingerprint density at radius 1 is 1.29 bits per heavy atom. The third kappa shape index (κ3) is 10.9. The average molecular weight is 217 g/mol. The van der Waals surface area contributed by atoms with Crippen molar-refractivity contribution in [2.45, 2.75) is 6.42 Å². The maximum atomic E-state index is 10.3. The Kier molecular flexibility index (Phi) is 6.78. The lowest BCUT2D eigenvalue weighted by atomic mass is 10.4. The topological polar surface area (TPSA) is 66.4 Å². The minimum atomic E-state index is -3.82. The van der Waals surface area contributed by atoms with Gasteiger partial charge in [-0.2, -0.15) is 8.42 Å². The van der Waals surface area contributed by atoms with E-state index in [4.69, 9.17) is 4.55 Å². The van der Waals surface area contributed by atoms with E-state index >= 15 is 0 Å². The van der Waals surface area contributed by atoms with Crippen LogP contribution in [0.5, 0.6) is 0 Å². The number of rotatable bonds is 7. The molecule has 0 spiro atoms. The van der Waals surface area contributed by atoms with Gasteiger partial charge in [-0.15, -0.1) is 0 Å². The SMILES string of the molecule is C=C/C=C\C=C/NCCCS(=O)(=O)O. The molecule has 0 aliphatic heterocycles. The van der Waals surface area contributed by atoms with Crippen molar-refractivity contribution >= 4 is 10.1 Å². The summed E-state index contributed by atoms with van der Waals surface area (Å²) in [5, 5.41) is 2.88. The zero-order valence-corrected chi connectivity index (χ0v) is 8.70. The molecule has 0 saturated heterocycles.